The first kappa shape index (κ1) is 24.9. The highest BCUT2D eigenvalue weighted by Gasteiger charge is 2.29. The number of aryl methyl sites for hydroxylation is 1. The molecule has 0 aromatic heterocycles. The monoisotopic (exact) mass is 528 g/mol. The van der Waals surface area contributed by atoms with Crippen LogP contribution in [0, 0.1) is 18.8 Å². The Bertz CT molecular complexity index is 687. The molecule has 0 aliphatic carbocycles. The van der Waals surface area contributed by atoms with Crippen LogP contribution in [0.15, 0.2) is 29.3 Å². The molecule has 2 N–H and O–H groups in total. The molecule has 30 heavy (non-hydrogen) atoms. The molecule has 1 amide bonds. The van der Waals surface area contributed by atoms with E-state index in [9.17, 15) is 4.79 Å². The average Bonchev–Trinajstić information content (AvgIpc) is 2.76. The fourth-order valence-corrected chi connectivity index (χ4v) is 4.44. The van der Waals surface area contributed by atoms with Gasteiger partial charge < -0.3 is 20.3 Å². The van der Waals surface area contributed by atoms with Crippen molar-refractivity contribution < 1.29 is 9.53 Å². The molecule has 6 nitrogen and oxygen atoms in total. The summed E-state index contributed by atoms with van der Waals surface area (Å²) in [5.41, 5.74) is 2.55. The second-order valence-corrected chi connectivity index (χ2v) is 8.34. The van der Waals surface area contributed by atoms with E-state index >= 15 is 0 Å². The minimum atomic E-state index is 0. The predicted octanol–water partition coefficient (Wildman–Crippen LogP) is 3.50. The van der Waals surface area contributed by atoms with Gasteiger partial charge in [0, 0.05) is 52.7 Å². The molecular weight excluding hydrogens is 491 g/mol. The number of carbonyl (C=O) groups is 1. The SMILES string of the molecule is CN=C(NCC1CCCOC1c1ccc(C)cc1)N1CCC(CC(=O)NC)CC1.I. The number of guanidine groups is 1. The molecular formula is C23H37IN4O2. The Hall–Kier alpha value is -1.35. The summed E-state index contributed by atoms with van der Waals surface area (Å²) < 4.78 is 6.16. The molecule has 7 heteroatoms. The standard InChI is InChI=1S/C23H36N4O2.HI/c1-17-6-8-19(9-7-17)22-20(5-4-14-29-22)16-26-23(25-3)27-12-10-18(11-13-27)15-21(28)24-2;/h6-9,18,20,22H,4-5,10-16H2,1-3H3,(H,24,28)(H,25,26);1H. The molecule has 2 atom stereocenters. The first-order valence-electron chi connectivity index (χ1n) is 10.9. The van der Waals surface area contributed by atoms with Crippen molar-refractivity contribution in [2.75, 3.05) is 40.3 Å². The van der Waals surface area contributed by atoms with Gasteiger partial charge in [-0.1, -0.05) is 29.8 Å². The summed E-state index contributed by atoms with van der Waals surface area (Å²) in [7, 11) is 3.57. The number of likely N-dealkylation sites (tertiary alicyclic amines) is 1. The molecule has 1 aromatic carbocycles. The molecule has 2 fully saturated rings. The lowest BCUT2D eigenvalue weighted by Gasteiger charge is -2.36. The zero-order chi connectivity index (χ0) is 20.6. The van der Waals surface area contributed by atoms with Crippen LogP contribution >= 0.6 is 24.0 Å². The van der Waals surface area contributed by atoms with Gasteiger partial charge in [-0.25, -0.2) is 0 Å². The second kappa shape index (κ2) is 12.5. The van der Waals surface area contributed by atoms with Crippen molar-refractivity contribution in [1.82, 2.24) is 15.5 Å². The average molecular weight is 528 g/mol. The lowest BCUT2D eigenvalue weighted by atomic mass is 9.89. The number of benzene rings is 1. The predicted molar refractivity (Wildman–Crippen MR) is 132 cm³/mol. The van der Waals surface area contributed by atoms with Gasteiger partial charge in [0.2, 0.25) is 5.91 Å². The Morgan fingerprint density at radius 1 is 1.20 bits per heavy atom. The van der Waals surface area contributed by atoms with E-state index in [-0.39, 0.29) is 36.0 Å². The van der Waals surface area contributed by atoms with Crippen LogP contribution < -0.4 is 10.6 Å². The topological polar surface area (TPSA) is 66.0 Å². The Balaban J connectivity index is 0.00000320. The van der Waals surface area contributed by atoms with Crippen molar-refractivity contribution in [1.29, 1.82) is 0 Å². The minimum Gasteiger partial charge on any atom is -0.373 e. The number of halogens is 1. The fraction of sp³-hybridized carbons (Fsp3) is 0.652. The molecule has 1 aromatic rings. The van der Waals surface area contributed by atoms with E-state index in [1.54, 1.807) is 7.05 Å². The van der Waals surface area contributed by atoms with Gasteiger partial charge in [0.15, 0.2) is 5.96 Å². The second-order valence-electron chi connectivity index (χ2n) is 8.34. The zero-order valence-electron chi connectivity index (χ0n) is 18.5. The number of ether oxygens (including phenoxy) is 1. The molecule has 2 aliphatic rings. The number of carbonyl (C=O) groups excluding carboxylic acids is 1. The summed E-state index contributed by atoms with van der Waals surface area (Å²) in [5, 5.41) is 6.34. The fourth-order valence-electron chi connectivity index (χ4n) is 4.44. The third kappa shape index (κ3) is 6.83. The highest BCUT2D eigenvalue weighted by molar-refractivity contribution is 14.0. The molecule has 0 radical (unpaired) electrons. The van der Waals surface area contributed by atoms with E-state index in [0.29, 0.717) is 18.3 Å². The number of nitrogens with zero attached hydrogens (tertiary/aromatic N) is 2. The van der Waals surface area contributed by atoms with Gasteiger partial charge >= 0.3 is 0 Å². The van der Waals surface area contributed by atoms with Crippen LogP contribution in [-0.2, 0) is 9.53 Å². The number of aliphatic imine (C=N–C) groups is 1. The molecule has 168 valence electrons. The quantitative estimate of drug-likeness (QED) is 0.349. The van der Waals surface area contributed by atoms with Crippen LogP contribution in [0.1, 0.15) is 49.3 Å². The van der Waals surface area contributed by atoms with Crippen molar-refractivity contribution in [3.05, 3.63) is 35.4 Å². The minimum absolute atomic E-state index is 0. The van der Waals surface area contributed by atoms with Crippen molar-refractivity contribution >= 4 is 35.8 Å². The number of piperidine rings is 1. The van der Waals surface area contributed by atoms with E-state index in [1.165, 1.54) is 11.1 Å². The Kier molecular flexibility index (Phi) is 10.4. The summed E-state index contributed by atoms with van der Waals surface area (Å²) in [5.74, 6) is 2.03. The normalized spacial score (nSPS) is 22.9. The van der Waals surface area contributed by atoms with Crippen LogP contribution in [0.5, 0.6) is 0 Å². The van der Waals surface area contributed by atoms with Crippen LogP contribution in [0.4, 0.5) is 0 Å². The van der Waals surface area contributed by atoms with E-state index in [1.807, 2.05) is 7.05 Å². The number of hydrogen-bond acceptors (Lipinski definition) is 3. The Morgan fingerprint density at radius 2 is 1.90 bits per heavy atom. The number of nitrogens with one attached hydrogen (secondary N) is 2. The summed E-state index contributed by atoms with van der Waals surface area (Å²) in [4.78, 5) is 18.5. The van der Waals surface area contributed by atoms with Gasteiger partial charge in [0.05, 0.1) is 6.10 Å². The largest absolute Gasteiger partial charge is 0.373 e. The molecule has 2 heterocycles. The van der Waals surface area contributed by atoms with Crippen molar-refractivity contribution in [2.45, 2.75) is 45.1 Å². The van der Waals surface area contributed by atoms with Crippen molar-refractivity contribution in [3.8, 4) is 0 Å². The highest BCUT2D eigenvalue weighted by atomic mass is 127. The number of rotatable bonds is 5. The molecule has 0 saturated carbocycles. The van der Waals surface area contributed by atoms with Crippen molar-refractivity contribution in [2.24, 2.45) is 16.8 Å². The molecule has 3 rings (SSSR count). The Labute approximate surface area is 198 Å². The van der Waals surface area contributed by atoms with E-state index in [4.69, 9.17) is 4.74 Å². The summed E-state index contributed by atoms with van der Waals surface area (Å²) in [6.07, 6.45) is 5.12. The Morgan fingerprint density at radius 3 is 2.53 bits per heavy atom. The summed E-state index contributed by atoms with van der Waals surface area (Å²) in [6, 6.07) is 8.73. The number of hydrogen-bond donors (Lipinski definition) is 2. The van der Waals surface area contributed by atoms with E-state index in [0.717, 1.165) is 57.9 Å². The maximum atomic E-state index is 11.6. The first-order chi connectivity index (χ1) is 14.1. The number of amides is 1. The lowest BCUT2D eigenvalue weighted by Crippen LogP contribution is -2.48. The maximum Gasteiger partial charge on any atom is 0.220 e. The molecule has 0 spiro atoms. The molecule has 2 unspecified atom stereocenters. The van der Waals surface area contributed by atoms with Crippen molar-refractivity contribution in [3.63, 3.8) is 0 Å². The van der Waals surface area contributed by atoms with Gasteiger partial charge in [0.25, 0.3) is 0 Å². The van der Waals surface area contributed by atoms with Crippen LogP contribution in [0.2, 0.25) is 0 Å². The van der Waals surface area contributed by atoms with Gasteiger partial charge in [-0.15, -0.1) is 24.0 Å². The first-order valence-corrected chi connectivity index (χ1v) is 10.9. The van der Waals surface area contributed by atoms with Crippen LogP contribution in [-0.4, -0.2) is 57.1 Å². The zero-order valence-corrected chi connectivity index (χ0v) is 20.9. The van der Waals surface area contributed by atoms with Gasteiger partial charge in [-0.3, -0.25) is 9.79 Å². The van der Waals surface area contributed by atoms with Gasteiger partial charge in [-0.2, -0.15) is 0 Å². The third-order valence-electron chi connectivity index (χ3n) is 6.25. The van der Waals surface area contributed by atoms with E-state index in [2.05, 4.69) is 51.7 Å². The van der Waals surface area contributed by atoms with E-state index < -0.39 is 0 Å². The smallest absolute Gasteiger partial charge is 0.220 e. The molecule has 2 aliphatic heterocycles. The molecule has 2 saturated heterocycles. The van der Waals surface area contributed by atoms with Gasteiger partial charge in [0.1, 0.15) is 0 Å². The maximum absolute atomic E-state index is 11.6. The summed E-state index contributed by atoms with van der Waals surface area (Å²) in [6.45, 7) is 5.71. The lowest BCUT2D eigenvalue weighted by molar-refractivity contribution is -0.121. The van der Waals surface area contributed by atoms with Gasteiger partial charge in [-0.05, 0) is 44.1 Å². The molecule has 0 bridgehead atoms. The highest BCUT2D eigenvalue weighted by Crippen LogP contribution is 2.33. The summed E-state index contributed by atoms with van der Waals surface area (Å²) >= 11 is 0. The van der Waals surface area contributed by atoms with Crippen LogP contribution in [0.25, 0.3) is 0 Å². The third-order valence-corrected chi connectivity index (χ3v) is 6.25. The van der Waals surface area contributed by atoms with Crippen LogP contribution in [0.3, 0.4) is 0 Å².